The number of urea groups is 1. The fraction of sp³-hybridized carbons (Fsp3) is 0.450. The number of rotatable bonds is 2. The first-order valence-electron chi connectivity index (χ1n) is 9.63. The summed E-state index contributed by atoms with van der Waals surface area (Å²) in [5.74, 6) is 0.617. The number of aromatic nitrogens is 2. The second-order valence-electron chi connectivity index (χ2n) is 7.50. The molecule has 6 nitrogen and oxygen atoms in total. The molecule has 9 heteroatoms. The Labute approximate surface area is 165 Å². The summed E-state index contributed by atoms with van der Waals surface area (Å²) < 4.78 is 38.8. The first-order valence-corrected chi connectivity index (χ1v) is 9.63. The van der Waals surface area contributed by atoms with Gasteiger partial charge in [0.2, 0.25) is 0 Å². The van der Waals surface area contributed by atoms with Crippen LogP contribution in [0, 0.1) is 0 Å². The lowest BCUT2D eigenvalue weighted by molar-refractivity contribution is -0.137. The van der Waals surface area contributed by atoms with Crippen LogP contribution in [0.25, 0.3) is 0 Å². The molecule has 2 aromatic rings. The van der Waals surface area contributed by atoms with Gasteiger partial charge in [0.25, 0.3) is 5.56 Å². The summed E-state index contributed by atoms with van der Waals surface area (Å²) in [7, 11) is 0. The van der Waals surface area contributed by atoms with E-state index in [0.717, 1.165) is 30.7 Å². The first kappa shape index (κ1) is 19.5. The van der Waals surface area contributed by atoms with Gasteiger partial charge in [-0.3, -0.25) is 4.79 Å². The number of aromatic amines is 1. The highest BCUT2D eigenvalue weighted by Gasteiger charge is 2.41. The maximum Gasteiger partial charge on any atom is 0.416 e. The van der Waals surface area contributed by atoms with E-state index in [0.29, 0.717) is 30.7 Å². The van der Waals surface area contributed by atoms with E-state index >= 15 is 0 Å². The Hall–Kier alpha value is -2.84. The van der Waals surface area contributed by atoms with Crippen molar-refractivity contribution in [2.75, 3.05) is 5.32 Å². The predicted octanol–water partition coefficient (Wildman–Crippen LogP) is 3.51. The predicted molar refractivity (Wildman–Crippen MR) is 101 cm³/mol. The number of hydrogen-bond acceptors (Lipinski definition) is 3. The molecule has 0 aliphatic carbocycles. The molecular formula is C20H21F3N4O2. The molecule has 2 aliphatic heterocycles. The number of fused-ring (bicyclic) bond motifs is 3. The molecule has 1 aromatic carbocycles. The van der Waals surface area contributed by atoms with Crippen molar-refractivity contribution in [3.05, 3.63) is 57.3 Å². The number of nitrogens with one attached hydrogen (secondary N) is 2. The maximum atomic E-state index is 12.9. The van der Waals surface area contributed by atoms with Crippen LogP contribution in [0.5, 0.6) is 0 Å². The summed E-state index contributed by atoms with van der Waals surface area (Å²) in [6.07, 6.45) is -1.48. The van der Waals surface area contributed by atoms with Gasteiger partial charge in [-0.2, -0.15) is 13.2 Å². The van der Waals surface area contributed by atoms with Crippen molar-refractivity contribution in [2.45, 2.75) is 57.3 Å². The molecule has 1 aromatic heterocycles. The lowest BCUT2D eigenvalue weighted by Crippen LogP contribution is -2.44. The molecule has 29 heavy (non-hydrogen) atoms. The molecule has 2 bridgehead atoms. The second-order valence-corrected chi connectivity index (χ2v) is 7.50. The van der Waals surface area contributed by atoms with E-state index in [4.69, 9.17) is 0 Å². The van der Waals surface area contributed by atoms with E-state index in [-0.39, 0.29) is 23.3 Å². The third-order valence-electron chi connectivity index (χ3n) is 5.65. The van der Waals surface area contributed by atoms with Crippen LogP contribution in [0.2, 0.25) is 0 Å². The molecule has 154 valence electrons. The Kier molecular flexibility index (Phi) is 4.84. The normalized spacial score (nSPS) is 20.9. The molecule has 2 aliphatic rings. The van der Waals surface area contributed by atoms with Crippen LogP contribution in [0.3, 0.4) is 0 Å². The molecule has 0 saturated carbocycles. The van der Waals surface area contributed by atoms with Gasteiger partial charge in [0, 0.05) is 42.6 Å². The molecule has 2 atom stereocenters. The molecule has 0 spiro atoms. The van der Waals surface area contributed by atoms with Crippen LogP contribution in [-0.2, 0) is 25.4 Å². The molecule has 0 unspecified atom stereocenters. The number of anilines is 1. The Bertz CT molecular complexity index is 1000. The minimum Gasteiger partial charge on any atom is -0.318 e. The number of alkyl halides is 3. The van der Waals surface area contributed by atoms with E-state index in [1.54, 1.807) is 4.90 Å². The van der Waals surface area contributed by atoms with Gasteiger partial charge in [-0.1, -0.05) is 13.0 Å². The summed E-state index contributed by atoms with van der Waals surface area (Å²) in [5, 5.41) is 2.60. The number of carbonyl (C=O) groups is 1. The number of benzene rings is 1. The van der Waals surface area contributed by atoms with Crippen LogP contribution in [-0.4, -0.2) is 33.0 Å². The van der Waals surface area contributed by atoms with Gasteiger partial charge in [-0.05, 0) is 31.0 Å². The summed E-state index contributed by atoms with van der Waals surface area (Å²) in [6.45, 7) is 1.91. The SMILES string of the molecule is CCc1nc2c(c(=O)[nH]1)C[C@H]1CC[C@@H](C2)N1C(=O)Nc1cccc(C(F)(F)F)c1. The van der Waals surface area contributed by atoms with Gasteiger partial charge in [0.1, 0.15) is 5.82 Å². The monoisotopic (exact) mass is 406 g/mol. The van der Waals surface area contributed by atoms with Crippen molar-refractivity contribution in [3.8, 4) is 0 Å². The summed E-state index contributed by atoms with van der Waals surface area (Å²) in [5.41, 5.74) is 0.429. The van der Waals surface area contributed by atoms with E-state index in [1.165, 1.54) is 12.1 Å². The highest BCUT2D eigenvalue weighted by atomic mass is 19.4. The highest BCUT2D eigenvalue weighted by Crippen LogP contribution is 2.34. The molecule has 2 amide bonds. The molecule has 1 saturated heterocycles. The van der Waals surface area contributed by atoms with E-state index in [9.17, 15) is 22.8 Å². The van der Waals surface area contributed by atoms with Gasteiger partial charge in [0.05, 0.1) is 11.3 Å². The molecule has 0 radical (unpaired) electrons. The van der Waals surface area contributed by atoms with Gasteiger partial charge < -0.3 is 15.2 Å². The first-order chi connectivity index (χ1) is 13.8. The average molecular weight is 406 g/mol. The van der Waals surface area contributed by atoms with Crippen LogP contribution >= 0.6 is 0 Å². The second kappa shape index (κ2) is 7.20. The number of carbonyl (C=O) groups excluding carboxylic acids is 1. The third kappa shape index (κ3) is 3.73. The Morgan fingerprint density at radius 3 is 2.69 bits per heavy atom. The number of amides is 2. The number of H-pyrrole nitrogens is 1. The number of nitrogens with zero attached hydrogens (tertiary/aromatic N) is 2. The van der Waals surface area contributed by atoms with Crippen LogP contribution < -0.4 is 10.9 Å². The quantitative estimate of drug-likeness (QED) is 0.801. The van der Waals surface area contributed by atoms with Crippen molar-refractivity contribution in [3.63, 3.8) is 0 Å². The van der Waals surface area contributed by atoms with E-state index in [2.05, 4.69) is 15.3 Å². The van der Waals surface area contributed by atoms with Gasteiger partial charge in [-0.15, -0.1) is 0 Å². The highest BCUT2D eigenvalue weighted by molar-refractivity contribution is 5.90. The average Bonchev–Trinajstić information content (AvgIpc) is 2.96. The summed E-state index contributed by atoms with van der Waals surface area (Å²) >= 11 is 0. The fourth-order valence-electron chi connectivity index (χ4n) is 4.26. The van der Waals surface area contributed by atoms with Crippen molar-refractivity contribution in [1.29, 1.82) is 0 Å². The van der Waals surface area contributed by atoms with Crippen molar-refractivity contribution >= 4 is 11.7 Å². The maximum absolute atomic E-state index is 12.9. The Morgan fingerprint density at radius 2 is 2.00 bits per heavy atom. The molecule has 1 fully saturated rings. The Morgan fingerprint density at radius 1 is 1.28 bits per heavy atom. The van der Waals surface area contributed by atoms with Crippen molar-refractivity contribution < 1.29 is 18.0 Å². The molecule has 3 heterocycles. The van der Waals surface area contributed by atoms with Gasteiger partial charge in [0.15, 0.2) is 0 Å². The largest absolute Gasteiger partial charge is 0.416 e. The number of aryl methyl sites for hydroxylation is 1. The lowest BCUT2D eigenvalue weighted by atomic mass is 9.98. The molecule has 4 rings (SSSR count). The summed E-state index contributed by atoms with van der Waals surface area (Å²) in [6, 6.07) is 3.82. The van der Waals surface area contributed by atoms with Crippen molar-refractivity contribution in [1.82, 2.24) is 14.9 Å². The van der Waals surface area contributed by atoms with E-state index < -0.39 is 17.8 Å². The minimum absolute atomic E-state index is 0.0928. The zero-order valence-corrected chi connectivity index (χ0v) is 15.8. The molecular weight excluding hydrogens is 385 g/mol. The Balaban J connectivity index is 1.58. The lowest BCUT2D eigenvalue weighted by Gasteiger charge is -2.28. The third-order valence-corrected chi connectivity index (χ3v) is 5.65. The zero-order valence-electron chi connectivity index (χ0n) is 15.8. The van der Waals surface area contributed by atoms with Gasteiger partial charge in [-0.25, -0.2) is 9.78 Å². The number of hydrogen-bond donors (Lipinski definition) is 2. The van der Waals surface area contributed by atoms with Gasteiger partial charge >= 0.3 is 12.2 Å². The van der Waals surface area contributed by atoms with Crippen LogP contribution in [0.1, 0.15) is 42.4 Å². The minimum atomic E-state index is -4.48. The topological polar surface area (TPSA) is 78.1 Å². The zero-order chi connectivity index (χ0) is 20.8. The summed E-state index contributed by atoms with van der Waals surface area (Å²) in [4.78, 5) is 34.4. The van der Waals surface area contributed by atoms with E-state index in [1.807, 2.05) is 6.92 Å². The standard InChI is InChI=1S/C20H21F3N4O2/c1-2-17-25-16-10-14-7-6-13(9-15(16)18(28)26-17)27(14)19(29)24-12-5-3-4-11(8-12)20(21,22)23/h3-5,8,13-14H,2,6-7,9-10H2,1H3,(H,24,29)(H,25,26,28)/t13-,14+/m1/s1. The van der Waals surface area contributed by atoms with Crippen LogP contribution in [0.4, 0.5) is 23.7 Å². The number of halogens is 3. The fourth-order valence-corrected chi connectivity index (χ4v) is 4.26. The van der Waals surface area contributed by atoms with Crippen LogP contribution in [0.15, 0.2) is 29.1 Å². The van der Waals surface area contributed by atoms with Crippen molar-refractivity contribution in [2.24, 2.45) is 0 Å². The smallest absolute Gasteiger partial charge is 0.318 e. The molecule has 2 N–H and O–H groups in total.